The summed E-state index contributed by atoms with van der Waals surface area (Å²) in [6, 6.07) is 14.0. The Labute approximate surface area is 106 Å². The molecule has 0 radical (unpaired) electrons. The van der Waals surface area contributed by atoms with Crippen LogP contribution in [0.4, 0.5) is 0 Å². The monoisotopic (exact) mass is 284 g/mol. The number of hydrogen-bond donors (Lipinski definition) is 0. The number of fused-ring (bicyclic) bond motifs is 2. The van der Waals surface area contributed by atoms with Gasteiger partial charge in [0.25, 0.3) is 0 Å². The van der Waals surface area contributed by atoms with Gasteiger partial charge in [0.2, 0.25) is 0 Å². The van der Waals surface area contributed by atoms with E-state index in [2.05, 4.69) is 25.9 Å². The zero-order valence-corrected chi connectivity index (χ0v) is 10.6. The van der Waals surface area contributed by atoms with Crippen molar-refractivity contribution in [3.8, 4) is 0 Å². The van der Waals surface area contributed by atoms with Crippen LogP contribution in [0.2, 0.25) is 0 Å². The molecule has 0 aliphatic carbocycles. The van der Waals surface area contributed by atoms with E-state index in [1.165, 1.54) is 0 Å². The predicted molar refractivity (Wildman–Crippen MR) is 71.1 cm³/mol. The van der Waals surface area contributed by atoms with Gasteiger partial charge in [0.05, 0.1) is 10.7 Å². The molecule has 0 fully saturated rings. The van der Waals surface area contributed by atoms with Gasteiger partial charge >= 0.3 is 0 Å². The number of halogens is 1. The smallest absolute Gasteiger partial charge is 0.0718 e. The van der Waals surface area contributed by atoms with Crippen LogP contribution in [0.15, 0.2) is 56.9 Å². The van der Waals surface area contributed by atoms with E-state index in [0.717, 1.165) is 25.6 Å². The summed E-state index contributed by atoms with van der Waals surface area (Å²) < 4.78 is 1.03. The number of nitrogens with zero attached hydrogens (tertiary/aromatic N) is 2. The highest BCUT2D eigenvalue weighted by atomic mass is 79.9. The highest BCUT2D eigenvalue weighted by molar-refractivity contribution is 9.10. The molecular weight excluding hydrogens is 276 g/mol. The maximum absolute atomic E-state index is 4.49. The van der Waals surface area contributed by atoms with Crippen LogP contribution < -0.4 is 21.2 Å². The molecule has 0 N–H and O–H groups in total. The van der Waals surface area contributed by atoms with Gasteiger partial charge in [0, 0.05) is 27.3 Å². The normalized spacial score (nSPS) is 12.5. The molecule has 2 aromatic carbocycles. The Morgan fingerprint density at radius 3 is 2.35 bits per heavy atom. The molecule has 0 aromatic heterocycles. The quantitative estimate of drug-likeness (QED) is 0.686. The molecule has 0 amide bonds. The molecule has 1 aliphatic heterocycles. The number of rotatable bonds is 0. The van der Waals surface area contributed by atoms with Gasteiger partial charge in [0.1, 0.15) is 0 Å². The molecule has 0 atom stereocenters. The number of para-hydroxylation sites is 1. The molecule has 2 nitrogen and oxygen atoms in total. The van der Waals surface area contributed by atoms with Crippen molar-refractivity contribution in [3.05, 3.63) is 68.1 Å². The molecular formula is C14H9BrN2. The van der Waals surface area contributed by atoms with Gasteiger partial charge in [0.15, 0.2) is 0 Å². The summed E-state index contributed by atoms with van der Waals surface area (Å²) >= 11 is 3.45. The van der Waals surface area contributed by atoms with E-state index >= 15 is 0 Å². The van der Waals surface area contributed by atoms with Crippen molar-refractivity contribution in [2.24, 2.45) is 9.98 Å². The fourth-order valence-electron chi connectivity index (χ4n) is 1.74. The Morgan fingerprint density at radius 2 is 1.47 bits per heavy atom. The third-order valence-electron chi connectivity index (χ3n) is 2.61. The minimum atomic E-state index is 0.937. The van der Waals surface area contributed by atoms with Gasteiger partial charge in [-0.2, -0.15) is 0 Å². The van der Waals surface area contributed by atoms with Crippen LogP contribution in [0.3, 0.4) is 0 Å². The van der Waals surface area contributed by atoms with Gasteiger partial charge in [-0.1, -0.05) is 34.1 Å². The van der Waals surface area contributed by atoms with Crippen molar-refractivity contribution in [1.82, 2.24) is 0 Å². The largest absolute Gasteiger partial charge is 0.255 e. The predicted octanol–water partition coefficient (Wildman–Crippen LogP) is 0.878. The maximum atomic E-state index is 4.49. The van der Waals surface area contributed by atoms with E-state index in [1.54, 1.807) is 0 Å². The second-order valence-electron chi connectivity index (χ2n) is 3.78. The summed E-state index contributed by atoms with van der Waals surface area (Å²) in [4.78, 5) is 8.98. The van der Waals surface area contributed by atoms with E-state index in [4.69, 9.17) is 0 Å². The third kappa shape index (κ3) is 2.06. The van der Waals surface area contributed by atoms with Crippen molar-refractivity contribution >= 4 is 28.3 Å². The summed E-state index contributed by atoms with van der Waals surface area (Å²) in [6.45, 7) is 0. The number of benzene rings is 2. The van der Waals surface area contributed by atoms with Crippen LogP contribution in [0, 0.1) is 0 Å². The van der Waals surface area contributed by atoms with E-state index in [-0.39, 0.29) is 0 Å². The second-order valence-corrected chi connectivity index (χ2v) is 4.69. The topological polar surface area (TPSA) is 24.7 Å². The Hall–Kier alpha value is -1.74. The molecule has 0 bridgehead atoms. The summed E-state index contributed by atoms with van der Waals surface area (Å²) in [5.74, 6) is 0. The lowest BCUT2D eigenvalue weighted by molar-refractivity contribution is 1.26. The first-order valence-electron chi connectivity index (χ1n) is 5.30. The van der Waals surface area contributed by atoms with Crippen molar-refractivity contribution in [1.29, 1.82) is 0 Å². The Kier molecular flexibility index (Phi) is 2.61. The first-order valence-corrected chi connectivity index (χ1v) is 6.09. The molecule has 0 saturated carbocycles. The summed E-state index contributed by atoms with van der Waals surface area (Å²) in [5.41, 5.74) is 0. The standard InChI is InChI=1S/C14H9BrN2/c15-12-5-6-14-11(7-12)9-17-13-4-2-1-3-10(13)8-16-14/h1-9H. The third-order valence-corrected chi connectivity index (χ3v) is 3.11. The van der Waals surface area contributed by atoms with E-state index in [1.807, 2.05) is 54.9 Å². The zero-order valence-electron chi connectivity index (χ0n) is 8.97. The molecule has 82 valence electrons. The average Bonchev–Trinajstić information content (AvgIpc) is 2.33. The zero-order chi connectivity index (χ0) is 11.7. The van der Waals surface area contributed by atoms with Gasteiger partial charge in [-0.3, -0.25) is 9.98 Å². The van der Waals surface area contributed by atoms with Crippen LogP contribution in [0.5, 0.6) is 0 Å². The molecule has 0 saturated heterocycles. The van der Waals surface area contributed by atoms with E-state index in [0.29, 0.717) is 0 Å². The van der Waals surface area contributed by atoms with Crippen molar-refractivity contribution < 1.29 is 0 Å². The van der Waals surface area contributed by atoms with Crippen LogP contribution >= 0.6 is 15.9 Å². The first-order chi connectivity index (χ1) is 8.33. The van der Waals surface area contributed by atoms with Crippen molar-refractivity contribution in [3.63, 3.8) is 0 Å². The van der Waals surface area contributed by atoms with Crippen molar-refractivity contribution in [2.75, 3.05) is 0 Å². The molecule has 1 aliphatic rings. The van der Waals surface area contributed by atoms with Crippen LogP contribution in [-0.4, -0.2) is 0 Å². The van der Waals surface area contributed by atoms with Crippen LogP contribution in [0.25, 0.3) is 12.4 Å². The van der Waals surface area contributed by atoms with Crippen LogP contribution in [-0.2, 0) is 0 Å². The lowest BCUT2D eigenvalue weighted by atomic mass is 10.2. The summed E-state index contributed by atoms with van der Waals surface area (Å²) in [7, 11) is 0. The lowest BCUT2D eigenvalue weighted by Gasteiger charge is -1.94. The van der Waals surface area contributed by atoms with Gasteiger partial charge in [-0.15, -0.1) is 0 Å². The molecule has 17 heavy (non-hydrogen) atoms. The fraction of sp³-hybridized carbons (Fsp3) is 0. The minimum Gasteiger partial charge on any atom is -0.255 e. The van der Waals surface area contributed by atoms with Gasteiger partial charge in [-0.25, -0.2) is 0 Å². The molecule has 3 heteroatoms. The van der Waals surface area contributed by atoms with E-state index < -0.39 is 0 Å². The maximum Gasteiger partial charge on any atom is 0.0718 e. The highest BCUT2D eigenvalue weighted by Crippen LogP contribution is 2.01. The molecule has 0 spiro atoms. The first kappa shape index (κ1) is 10.4. The van der Waals surface area contributed by atoms with Crippen molar-refractivity contribution in [2.45, 2.75) is 0 Å². The minimum absolute atomic E-state index is 0.937. The Balaban J connectivity index is 2.42. The lowest BCUT2D eigenvalue weighted by Crippen LogP contribution is -2.29. The van der Waals surface area contributed by atoms with Gasteiger partial charge < -0.3 is 0 Å². The molecule has 1 heterocycles. The summed E-state index contributed by atoms with van der Waals surface area (Å²) in [5, 5.41) is 3.94. The molecule has 3 rings (SSSR count). The molecule has 0 unspecified atom stereocenters. The SMILES string of the molecule is Brc1ccc2c(c1)=CN=c1ccccc1=CN=2. The summed E-state index contributed by atoms with van der Waals surface area (Å²) in [6.07, 6.45) is 3.72. The number of hydrogen-bond acceptors (Lipinski definition) is 2. The van der Waals surface area contributed by atoms with E-state index in [9.17, 15) is 0 Å². The van der Waals surface area contributed by atoms with Crippen LogP contribution in [0.1, 0.15) is 0 Å². The Morgan fingerprint density at radius 1 is 0.765 bits per heavy atom. The average molecular weight is 285 g/mol. The van der Waals surface area contributed by atoms with Gasteiger partial charge in [-0.05, 0) is 24.3 Å². The fourth-order valence-corrected chi connectivity index (χ4v) is 2.12. The molecule has 2 aromatic rings. The Bertz CT molecular complexity index is 807. The highest BCUT2D eigenvalue weighted by Gasteiger charge is 1.92. The second kappa shape index (κ2) is 4.26.